The minimum Gasteiger partial charge on any atom is -0.330 e. The molecule has 3 nitrogen and oxygen atoms in total. The van der Waals surface area contributed by atoms with Gasteiger partial charge in [0.15, 0.2) is 4.77 Å². The first-order chi connectivity index (χ1) is 9.72. The van der Waals surface area contributed by atoms with Gasteiger partial charge >= 0.3 is 0 Å². The number of hydrogen-bond donors (Lipinski definition) is 1. The first kappa shape index (κ1) is 11.8. The number of aryl methyl sites for hydroxylation is 1. The van der Waals surface area contributed by atoms with E-state index in [1.807, 2.05) is 11.6 Å². The quantitative estimate of drug-likeness (QED) is 0.521. The molecule has 0 atom stereocenters. The molecule has 2 heterocycles. The Hall–Kier alpha value is -1.98. The lowest BCUT2D eigenvalue weighted by molar-refractivity contribution is 1.07. The maximum atomic E-state index is 5.48. The van der Waals surface area contributed by atoms with Gasteiger partial charge in [-0.05, 0) is 55.0 Å². The highest BCUT2D eigenvalue weighted by molar-refractivity contribution is 7.71. The van der Waals surface area contributed by atoms with Gasteiger partial charge in [0.2, 0.25) is 0 Å². The third kappa shape index (κ3) is 1.71. The van der Waals surface area contributed by atoms with Crippen LogP contribution in [0.15, 0.2) is 41.9 Å². The molecule has 0 saturated heterocycles. The number of fused-ring (bicyclic) bond motifs is 2. The van der Waals surface area contributed by atoms with E-state index in [0.717, 1.165) is 27.0 Å². The van der Waals surface area contributed by atoms with Crippen molar-refractivity contribution in [1.82, 2.24) is 14.5 Å². The zero-order valence-corrected chi connectivity index (χ0v) is 12.4. The highest BCUT2D eigenvalue weighted by atomic mass is 32.1. The molecule has 4 rings (SSSR count). The molecule has 2 aromatic carbocycles. The third-order valence-corrected chi connectivity index (χ3v) is 4.49. The number of H-pyrrole nitrogens is 1. The molecule has 20 heavy (non-hydrogen) atoms. The lowest BCUT2D eigenvalue weighted by Gasteiger charge is -2.04. The molecule has 5 heteroatoms. The van der Waals surface area contributed by atoms with Crippen LogP contribution in [0.25, 0.3) is 26.9 Å². The number of rotatable bonds is 1. The highest BCUT2D eigenvalue weighted by Gasteiger charge is 2.08. The van der Waals surface area contributed by atoms with E-state index < -0.39 is 0 Å². The Kier molecular flexibility index (Phi) is 2.52. The largest absolute Gasteiger partial charge is 0.330 e. The van der Waals surface area contributed by atoms with E-state index in [1.54, 1.807) is 11.3 Å². The molecule has 0 aliphatic carbocycles. The van der Waals surface area contributed by atoms with E-state index in [9.17, 15) is 0 Å². The van der Waals surface area contributed by atoms with Crippen LogP contribution in [0.3, 0.4) is 0 Å². The predicted octanol–water partition coefficient (Wildman–Crippen LogP) is 4.61. The monoisotopic (exact) mass is 297 g/mol. The number of nitrogens with one attached hydrogen (secondary N) is 1. The molecule has 0 aliphatic rings. The van der Waals surface area contributed by atoms with Crippen molar-refractivity contribution in [1.29, 1.82) is 0 Å². The molecule has 0 amide bonds. The second-order valence-electron chi connectivity index (χ2n) is 4.79. The summed E-state index contributed by atoms with van der Waals surface area (Å²) in [6.45, 7) is 2.08. The molecule has 0 saturated carbocycles. The van der Waals surface area contributed by atoms with Gasteiger partial charge in [0.05, 0.1) is 26.8 Å². The van der Waals surface area contributed by atoms with Crippen LogP contribution in [0.4, 0.5) is 0 Å². The van der Waals surface area contributed by atoms with Gasteiger partial charge in [0, 0.05) is 5.69 Å². The minimum absolute atomic E-state index is 0.717. The zero-order valence-electron chi connectivity index (χ0n) is 10.8. The van der Waals surface area contributed by atoms with Crippen LogP contribution in [0.5, 0.6) is 0 Å². The summed E-state index contributed by atoms with van der Waals surface area (Å²) >= 11 is 7.12. The fraction of sp³-hybridized carbons (Fsp3) is 0.0667. The summed E-state index contributed by atoms with van der Waals surface area (Å²) in [6, 6.07) is 12.6. The number of thiazole rings is 1. The summed E-state index contributed by atoms with van der Waals surface area (Å²) < 4.78 is 3.96. The molecule has 4 aromatic rings. The standard InChI is InChI=1S/C15H11N3S2/c1-9-2-5-13-12(6-9)17-15(19)18(13)10-3-4-11-14(7-10)20-8-16-11/h2-8H,1H3,(H,17,19). The maximum absolute atomic E-state index is 5.48. The van der Waals surface area contributed by atoms with E-state index in [0.29, 0.717) is 0 Å². The lowest BCUT2D eigenvalue weighted by atomic mass is 10.2. The summed E-state index contributed by atoms with van der Waals surface area (Å²) in [5.74, 6) is 0. The van der Waals surface area contributed by atoms with Crippen molar-refractivity contribution in [2.24, 2.45) is 0 Å². The molecule has 2 aromatic heterocycles. The molecule has 0 fully saturated rings. The van der Waals surface area contributed by atoms with Crippen molar-refractivity contribution in [2.75, 3.05) is 0 Å². The number of aromatic amines is 1. The Morgan fingerprint density at radius 1 is 1.20 bits per heavy atom. The van der Waals surface area contributed by atoms with Gasteiger partial charge in [-0.3, -0.25) is 4.57 Å². The Morgan fingerprint density at radius 3 is 3.00 bits per heavy atom. The van der Waals surface area contributed by atoms with Crippen LogP contribution in [0.2, 0.25) is 0 Å². The number of benzene rings is 2. The smallest absolute Gasteiger partial charge is 0.182 e. The molecule has 0 aliphatic heterocycles. The average molecular weight is 297 g/mol. The lowest BCUT2D eigenvalue weighted by Crippen LogP contribution is -1.93. The third-order valence-electron chi connectivity index (χ3n) is 3.41. The molecular weight excluding hydrogens is 286 g/mol. The van der Waals surface area contributed by atoms with Crippen LogP contribution in [-0.4, -0.2) is 14.5 Å². The van der Waals surface area contributed by atoms with Crippen molar-refractivity contribution < 1.29 is 0 Å². The number of nitrogens with zero attached hydrogens (tertiary/aromatic N) is 2. The number of aromatic nitrogens is 3. The molecule has 1 N–H and O–H groups in total. The van der Waals surface area contributed by atoms with E-state index in [2.05, 4.69) is 51.8 Å². The Balaban J connectivity index is 2.05. The van der Waals surface area contributed by atoms with Crippen LogP contribution >= 0.6 is 23.6 Å². The molecule has 0 spiro atoms. The van der Waals surface area contributed by atoms with Gasteiger partial charge in [-0.1, -0.05) is 6.07 Å². The fourth-order valence-corrected chi connectivity index (χ4v) is 3.49. The van der Waals surface area contributed by atoms with Crippen LogP contribution in [0, 0.1) is 11.7 Å². The van der Waals surface area contributed by atoms with E-state index in [-0.39, 0.29) is 0 Å². The SMILES string of the molecule is Cc1ccc2c(c1)[nH]c(=S)n2-c1ccc2ncsc2c1. The molecular formula is C15H11N3S2. The normalized spacial score (nSPS) is 11.4. The van der Waals surface area contributed by atoms with Crippen LogP contribution < -0.4 is 0 Å². The van der Waals surface area contributed by atoms with Crippen molar-refractivity contribution in [3.63, 3.8) is 0 Å². The Labute approximate surface area is 124 Å². The topological polar surface area (TPSA) is 33.6 Å². The molecule has 98 valence electrons. The molecule has 0 unspecified atom stereocenters. The zero-order chi connectivity index (χ0) is 13.7. The van der Waals surface area contributed by atoms with Gasteiger partial charge < -0.3 is 4.98 Å². The second-order valence-corrected chi connectivity index (χ2v) is 6.06. The Bertz CT molecular complexity index is 991. The van der Waals surface area contributed by atoms with Crippen LogP contribution in [-0.2, 0) is 0 Å². The van der Waals surface area contributed by atoms with Crippen LogP contribution in [0.1, 0.15) is 5.56 Å². The van der Waals surface area contributed by atoms with E-state index in [1.165, 1.54) is 10.3 Å². The number of hydrogen-bond acceptors (Lipinski definition) is 3. The highest BCUT2D eigenvalue weighted by Crippen LogP contribution is 2.25. The fourth-order valence-electron chi connectivity index (χ4n) is 2.46. The van der Waals surface area contributed by atoms with E-state index in [4.69, 9.17) is 12.2 Å². The van der Waals surface area contributed by atoms with Gasteiger partial charge in [-0.25, -0.2) is 4.98 Å². The summed E-state index contributed by atoms with van der Waals surface area (Å²) in [4.78, 5) is 7.59. The Morgan fingerprint density at radius 2 is 2.10 bits per heavy atom. The van der Waals surface area contributed by atoms with Gasteiger partial charge in [-0.2, -0.15) is 0 Å². The molecule has 0 radical (unpaired) electrons. The number of imidazole rings is 1. The first-order valence-electron chi connectivity index (χ1n) is 6.27. The van der Waals surface area contributed by atoms with Crippen molar-refractivity contribution >= 4 is 44.8 Å². The predicted molar refractivity (Wildman–Crippen MR) is 86.4 cm³/mol. The summed E-state index contributed by atoms with van der Waals surface area (Å²) in [5, 5.41) is 0. The molecule has 0 bridgehead atoms. The van der Waals surface area contributed by atoms with Gasteiger partial charge in [0.1, 0.15) is 0 Å². The summed E-state index contributed by atoms with van der Waals surface area (Å²) in [5.41, 5.74) is 7.36. The average Bonchev–Trinajstić information content (AvgIpc) is 3.00. The minimum atomic E-state index is 0.717. The van der Waals surface area contributed by atoms with Crippen molar-refractivity contribution in [3.05, 3.63) is 52.2 Å². The summed E-state index contributed by atoms with van der Waals surface area (Å²) in [6.07, 6.45) is 0. The second kappa shape index (κ2) is 4.26. The first-order valence-corrected chi connectivity index (χ1v) is 7.56. The van der Waals surface area contributed by atoms with E-state index >= 15 is 0 Å². The van der Waals surface area contributed by atoms with Gasteiger partial charge in [0.25, 0.3) is 0 Å². The van der Waals surface area contributed by atoms with Crippen molar-refractivity contribution in [2.45, 2.75) is 6.92 Å². The van der Waals surface area contributed by atoms with Crippen molar-refractivity contribution in [3.8, 4) is 5.69 Å². The maximum Gasteiger partial charge on any atom is 0.182 e. The summed E-state index contributed by atoms with van der Waals surface area (Å²) in [7, 11) is 0. The van der Waals surface area contributed by atoms with Gasteiger partial charge in [-0.15, -0.1) is 11.3 Å².